The van der Waals surface area contributed by atoms with Crippen LogP contribution in [0.25, 0.3) is 0 Å². The van der Waals surface area contributed by atoms with E-state index in [1.54, 1.807) is 6.92 Å². The highest BCUT2D eigenvalue weighted by molar-refractivity contribution is 9.10. The Labute approximate surface area is 128 Å². The Morgan fingerprint density at radius 3 is 2.65 bits per heavy atom. The van der Waals surface area contributed by atoms with Gasteiger partial charge in [0.25, 0.3) is 0 Å². The van der Waals surface area contributed by atoms with E-state index in [1.807, 2.05) is 32.0 Å². The van der Waals surface area contributed by atoms with Crippen molar-refractivity contribution in [2.45, 2.75) is 45.8 Å². The predicted octanol–water partition coefficient (Wildman–Crippen LogP) is 3.58. The zero-order chi connectivity index (χ0) is 15.1. The molecule has 112 valence electrons. The third-order valence-electron chi connectivity index (χ3n) is 2.83. The van der Waals surface area contributed by atoms with E-state index in [4.69, 9.17) is 15.2 Å². The molecule has 0 saturated heterocycles. The summed E-state index contributed by atoms with van der Waals surface area (Å²) in [6.07, 6.45) is 0.875. The van der Waals surface area contributed by atoms with Gasteiger partial charge in [-0.25, -0.2) is 4.79 Å². The molecule has 0 aliphatic carbocycles. The van der Waals surface area contributed by atoms with Crippen LogP contribution in [-0.2, 0) is 9.53 Å². The zero-order valence-corrected chi connectivity index (χ0v) is 13.8. The molecule has 1 unspecified atom stereocenters. The molecule has 1 rings (SSSR count). The van der Waals surface area contributed by atoms with Gasteiger partial charge < -0.3 is 15.2 Å². The Bertz CT molecular complexity index is 449. The molecule has 0 aliphatic rings. The van der Waals surface area contributed by atoms with Crippen LogP contribution in [0.2, 0.25) is 0 Å². The van der Waals surface area contributed by atoms with Gasteiger partial charge >= 0.3 is 5.97 Å². The van der Waals surface area contributed by atoms with Gasteiger partial charge in [0.1, 0.15) is 5.75 Å². The lowest BCUT2D eigenvalue weighted by molar-refractivity contribution is -0.151. The molecule has 0 saturated carbocycles. The van der Waals surface area contributed by atoms with E-state index in [2.05, 4.69) is 15.9 Å². The zero-order valence-electron chi connectivity index (χ0n) is 12.2. The minimum absolute atomic E-state index is 0.174. The van der Waals surface area contributed by atoms with Crippen molar-refractivity contribution in [2.24, 2.45) is 5.73 Å². The van der Waals surface area contributed by atoms with Crippen LogP contribution in [0.1, 0.15) is 45.2 Å². The number of esters is 1. The van der Waals surface area contributed by atoms with Crippen molar-refractivity contribution < 1.29 is 14.3 Å². The fraction of sp³-hybridized carbons (Fsp3) is 0.533. The average molecular weight is 344 g/mol. The van der Waals surface area contributed by atoms with Crippen LogP contribution in [0.5, 0.6) is 5.75 Å². The Morgan fingerprint density at radius 2 is 2.10 bits per heavy atom. The summed E-state index contributed by atoms with van der Waals surface area (Å²) in [7, 11) is 0. The first-order chi connectivity index (χ1) is 9.49. The van der Waals surface area contributed by atoms with Crippen molar-refractivity contribution in [2.75, 3.05) is 6.61 Å². The summed E-state index contributed by atoms with van der Waals surface area (Å²) in [6.45, 7) is 6.02. The Morgan fingerprint density at radius 1 is 1.40 bits per heavy atom. The van der Waals surface area contributed by atoms with E-state index in [0.29, 0.717) is 18.8 Å². The summed E-state index contributed by atoms with van der Waals surface area (Å²) in [5.41, 5.74) is 6.82. The fourth-order valence-corrected chi connectivity index (χ4v) is 2.24. The normalized spacial score (nSPS) is 13.7. The van der Waals surface area contributed by atoms with Gasteiger partial charge in [-0.15, -0.1) is 0 Å². The largest absolute Gasteiger partial charge is 0.478 e. The molecule has 1 aromatic carbocycles. The van der Waals surface area contributed by atoms with Crippen molar-refractivity contribution in [1.29, 1.82) is 0 Å². The number of carbonyl (C=O) groups excluding carboxylic acids is 1. The minimum atomic E-state index is -0.585. The van der Waals surface area contributed by atoms with Gasteiger partial charge in [0.2, 0.25) is 0 Å². The van der Waals surface area contributed by atoms with Crippen LogP contribution in [0.15, 0.2) is 22.7 Å². The Balaban J connectivity index is 2.95. The molecule has 0 spiro atoms. The highest BCUT2D eigenvalue weighted by Gasteiger charge is 2.22. The van der Waals surface area contributed by atoms with Crippen molar-refractivity contribution >= 4 is 21.9 Å². The number of ether oxygens (including phenoxy) is 2. The van der Waals surface area contributed by atoms with E-state index in [0.717, 1.165) is 16.5 Å². The van der Waals surface area contributed by atoms with Crippen LogP contribution < -0.4 is 10.5 Å². The smallest absolute Gasteiger partial charge is 0.347 e. The molecule has 0 heterocycles. The van der Waals surface area contributed by atoms with Gasteiger partial charge in [-0.05, 0) is 38.5 Å². The number of hydrogen-bond acceptors (Lipinski definition) is 4. The summed E-state index contributed by atoms with van der Waals surface area (Å²) in [4.78, 5) is 11.9. The molecule has 0 fully saturated rings. The number of carbonyl (C=O) groups is 1. The van der Waals surface area contributed by atoms with Crippen molar-refractivity contribution in [1.82, 2.24) is 0 Å². The van der Waals surface area contributed by atoms with Gasteiger partial charge in [-0.2, -0.15) is 0 Å². The van der Waals surface area contributed by atoms with Gasteiger partial charge in [0.05, 0.1) is 6.61 Å². The second-order valence-corrected chi connectivity index (χ2v) is 5.53. The van der Waals surface area contributed by atoms with E-state index in [1.165, 1.54) is 0 Å². The summed E-state index contributed by atoms with van der Waals surface area (Å²) >= 11 is 3.41. The fourth-order valence-electron chi connectivity index (χ4n) is 1.86. The van der Waals surface area contributed by atoms with Crippen LogP contribution in [-0.4, -0.2) is 18.7 Å². The quantitative estimate of drug-likeness (QED) is 0.768. The summed E-state index contributed by atoms with van der Waals surface area (Å²) in [5, 5.41) is 0. The molecule has 0 aliphatic heterocycles. The third-order valence-corrected chi connectivity index (χ3v) is 3.33. The molecule has 1 aromatic rings. The topological polar surface area (TPSA) is 61.5 Å². The Hall–Kier alpha value is -1.07. The molecule has 2 atom stereocenters. The lowest BCUT2D eigenvalue weighted by Gasteiger charge is -2.20. The molecular formula is C15H22BrNO3. The van der Waals surface area contributed by atoms with E-state index < -0.39 is 6.10 Å². The van der Waals surface area contributed by atoms with Crippen LogP contribution in [0.4, 0.5) is 0 Å². The minimum Gasteiger partial charge on any atom is -0.478 e. The van der Waals surface area contributed by atoms with Crippen LogP contribution in [0.3, 0.4) is 0 Å². The highest BCUT2D eigenvalue weighted by atomic mass is 79.9. The molecule has 0 radical (unpaired) electrons. The standard InChI is InChI=1S/C15H22BrNO3/c1-4-6-14(15(18)19-5-2)20-13-8-7-11(16)9-12(13)10(3)17/h7-10,14H,4-6,17H2,1-3H3/t10-,14?/m0/s1. The molecule has 5 heteroatoms. The second kappa shape index (κ2) is 8.27. The number of benzene rings is 1. The van der Waals surface area contributed by atoms with E-state index >= 15 is 0 Å². The van der Waals surface area contributed by atoms with Crippen molar-refractivity contribution in [3.63, 3.8) is 0 Å². The SMILES string of the molecule is CCCC(Oc1ccc(Br)cc1[C@H](C)N)C(=O)OCC. The molecule has 0 bridgehead atoms. The van der Waals surface area contributed by atoms with Crippen LogP contribution in [0, 0.1) is 0 Å². The number of nitrogens with two attached hydrogens (primary N) is 1. The van der Waals surface area contributed by atoms with Crippen LogP contribution >= 0.6 is 15.9 Å². The Kier molecular flexibility index (Phi) is 7.02. The summed E-state index contributed by atoms with van der Waals surface area (Å²) in [5.74, 6) is 0.308. The predicted molar refractivity (Wildman–Crippen MR) is 82.7 cm³/mol. The number of rotatable bonds is 7. The van der Waals surface area contributed by atoms with Gasteiger partial charge in [0.15, 0.2) is 6.10 Å². The molecule has 2 N–H and O–H groups in total. The van der Waals surface area contributed by atoms with E-state index in [9.17, 15) is 4.79 Å². The van der Waals surface area contributed by atoms with Gasteiger partial charge in [0, 0.05) is 16.1 Å². The van der Waals surface area contributed by atoms with E-state index in [-0.39, 0.29) is 12.0 Å². The summed E-state index contributed by atoms with van der Waals surface area (Å²) < 4.78 is 11.8. The lowest BCUT2D eigenvalue weighted by Crippen LogP contribution is -2.30. The monoisotopic (exact) mass is 343 g/mol. The molecule has 0 amide bonds. The maximum absolute atomic E-state index is 11.9. The molecule has 0 aromatic heterocycles. The van der Waals surface area contributed by atoms with Crippen molar-refractivity contribution in [3.8, 4) is 5.75 Å². The first-order valence-electron chi connectivity index (χ1n) is 6.87. The number of hydrogen-bond donors (Lipinski definition) is 1. The lowest BCUT2D eigenvalue weighted by atomic mass is 10.1. The average Bonchev–Trinajstić information content (AvgIpc) is 2.40. The maximum atomic E-state index is 11.9. The number of halogens is 1. The second-order valence-electron chi connectivity index (χ2n) is 4.62. The first-order valence-corrected chi connectivity index (χ1v) is 7.67. The molecule has 4 nitrogen and oxygen atoms in total. The molecular weight excluding hydrogens is 322 g/mol. The summed E-state index contributed by atoms with van der Waals surface area (Å²) in [6, 6.07) is 5.43. The van der Waals surface area contributed by atoms with Gasteiger partial charge in [-0.3, -0.25) is 0 Å². The van der Waals surface area contributed by atoms with Gasteiger partial charge in [-0.1, -0.05) is 29.3 Å². The maximum Gasteiger partial charge on any atom is 0.347 e. The first kappa shape index (κ1) is 17.0. The highest BCUT2D eigenvalue weighted by Crippen LogP contribution is 2.29. The molecule has 20 heavy (non-hydrogen) atoms. The third kappa shape index (κ3) is 4.80. The van der Waals surface area contributed by atoms with Crippen molar-refractivity contribution in [3.05, 3.63) is 28.2 Å².